The minimum atomic E-state index is -3.52. The van der Waals surface area contributed by atoms with E-state index in [1.165, 1.54) is 27.8 Å². The summed E-state index contributed by atoms with van der Waals surface area (Å²) in [5, 5.41) is 0.637. The molecule has 9 heteroatoms. The number of carbonyl (C=O) groups excluding carboxylic acids is 1. The molecule has 2 saturated heterocycles. The number of carbonyl (C=O) groups is 1. The molecule has 1 atom stereocenters. The number of ether oxygens (including phenoxy) is 1. The Morgan fingerprint density at radius 1 is 1.15 bits per heavy atom. The standard InChI is InChI=1S/C25H29N3O4S2/c1-17-14-18(2)23-22(15-17)26-25(33-23)28(16-20-6-5-13-32-20)24(29)19-7-9-21(10-8-19)34(30,31)27-11-3-4-12-27/h7-10,14-15,20H,3-6,11-13,16H2,1-2H3. The van der Waals surface area contributed by atoms with Gasteiger partial charge >= 0.3 is 0 Å². The van der Waals surface area contributed by atoms with Gasteiger partial charge in [0.25, 0.3) is 5.91 Å². The molecular weight excluding hydrogens is 470 g/mol. The van der Waals surface area contributed by atoms with Crippen molar-refractivity contribution < 1.29 is 17.9 Å². The van der Waals surface area contributed by atoms with E-state index in [-0.39, 0.29) is 16.9 Å². The average Bonchev–Trinajstić information content (AvgIpc) is 3.59. The van der Waals surface area contributed by atoms with Crippen LogP contribution in [0, 0.1) is 13.8 Å². The summed E-state index contributed by atoms with van der Waals surface area (Å²) in [5.41, 5.74) is 3.59. The molecule has 3 aromatic rings. The predicted molar refractivity (Wildman–Crippen MR) is 134 cm³/mol. The van der Waals surface area contributed by atoms with E-state index in [1.807, 2.05) is 13.0 Å². The van der Waals surface area contributed by atoms with Crippen molar-refractivity contribution in [3.63, 3.8) is 0 Å². The fourth-order valence-electron chi connectivity index (χ4n) is 4.72. The Labute approximate surface area is 204 Å². The molecule has 0 aliphatic carbocycles. The van der Waals surface area contributed by atoms with Crippen LogP contribution in [0.25, 0.3) is 10.2 Å². The highest BCUT2D eigenvalue weighted by atomic mass is 32.2. The Morgan fingerprint density at radius 3 is 2.56 bits per heavy atom. The van der Waals surface area contributed by atoms with E-state index in [1.54, 1.807) is 17.0 Å². The number of amides is 1. The Kier molecular flexibility index (Phi) is 6.45. The zero-order valence-electron chi connectivity index (χ0n) is 19.5. The quantitative estimate of drug-likeness (QED) is 0.498. The number of thiazole rings is 1. The molecule has 0 radical (unpaired) electrons. The van der Waals surface area contributed by atoms with Crippen LogP contribution >= 0.6 is 11.3 Å². The number of aromatic nitrogens is 1. The van der Waals surface area contributed by atoms with Gasteiger partial charge in [-0.2, -0.15) is 4.31 Å². The largest absolute Gasteiger partial charge is 0.376 e. The van der Waals surface area contributed by atoms with E-state index in [4.69, 9.17) is 9.72 Å². The zero-order chi connectivity index (χ0) is 23.9. The number of nitrogens with zero attached hydrogens (tertiary/aromatic N) is 3. The third kappa shape index (κ3) is 4.49. The molecule has 1 amide bonds. The summed E-state index contributed by atoms with van der Waals surface area (Å²) >= 11 is 1.51. The van der Waals surface area contributed by atoms with Crippen LogP contribution in [0.3, 0.4) is 0 Å². The lowest BCUT2D eigenvalue weighted by molar-refractivity contribution is 0.0917. The summed E-state index contributed by atoms with van der Waals surface area (Å²) in [4.78, 5) is 20.4. The third-order valence-corrected chi connectivity index (χ3v) is 9.64. The zero-order valence-corrected chi connectivity index (χ0v) is 21.1. The molecule has 34 heavy (non-hydrogen) atoms. The lowest BCUT2D eigenvalue weighted by Crippen LogP contribution is -2.37. The monoisotopic (exact) mass is 499 g/mol. The van der Waals surface area contributed by atoms with Gasteiger partial charge in [0.15, 0.2) is 5.13 Å². The maximum atomic E-state index is 13.7. The first-order chi connectivity index (χ1) is 16.3. The summed E-state index contributed by atoms with van der Waals surface area (Å²) in [7, 11) is -3.52. The van der Waals surface area contributed by atoms with E-state index in [0.29, 0.717) is 36.9 Å². The average molecular weight is 500 g/mol. The molecule has 1 aromatic heterocycles. The molecule has 0 N–H and O–H groups in total. The minimum absolute atomic E-state index is 0.0337. The van der Waals surface area contributed by atoms with Crippen molar-refractivity contribution in [3.05, 3.63) is 53.1 Å². The number of rotatable bonds is 6. The highest BCUT2D eigenvalue weighted by Crippen LogP contribution is 2.34. The van der Waals surface area contributed by atoms with Crippen molar-refractivity contribution in [2.45, 2.75) is 50.5 Å². The molecule has 0 saturated carbocycles. The Bertz CT molecular complexity index is 1310. The fraction of sp³-hybridized carbons (Fsp3) is 0.440. The molecule has 2 aromatic carbocycles. The highest BCUT2D eigenvalue weighted by Gasteiger charge is 2.29. The van der Waals surface area contributed by atoms with Crippen LogP contribution < -0.4 is 4.90 Å². The third-order valence-electron chi connectivity index (χ3n) is 6.50. The summed E-state index contributed by atoms with van der Waals surface area (Å²) < 4.78 is 34.1. The smallest absolute Gasteiger partial charge is 0.260 e. The number of sulfonamides is 1. The van der Waals surface area contributed by atoms with Crippen molar-refractivity contribution >= 4 is 42.6 Å². The Balaban J connectivity index is 1.46. The fourth-order valence-corrected chi connectivity index (χ4v) is 7.26. The van der Waals surface area contributed by atoms with E-state index in [9.17, 15) is 13.2 Å². The van der Waals surface area contributed by atoms with Gasteiger partial charge in [0, 0.05) is 25.3 Å². The van der Waals surface area contributed by atoms with Crippen LogP contribution in [-0.4, -0.2) is 56.0 Å². The van der Waals surface area contributed by atoms with Crippen LogP contribution in [0.4, 0.5) is 5.13 Å². The number of hydrogen-bond acceptors (Lipinski definition) is 6. The molecular formula is C25H29N3O4S2. The minimum Gasteiger partial charge on any atom is -0.376 e. The van der Waals surface area contributed by atoms with Gasteiger partial charge in [0.2, 0.25) is 10.0 Å². The Hall–Kier alpha value is -2.33. The summed E-state index contributed by atoms with van der Waals surface area (Å²) in [6.45, 7) is 6.32. The second-order valence-corrected chi connectivity index (χ2v) is 12.0. The van der Waals surface area contributed by atoms with Crippen LogP contribution in [0.15, 0.2) is 41.3 Å². The maximum absolute atomic E-state index is 13.7. The van der Waals surface area contributed by atoms with Gasteiger partial charge in [0.1, 0.15) is 0 Å². The van der Waals surface area contributed by atoms with E-state index in [2.05, 4.69) is 13.0 Å². The number of hydrogen-bond donors (Lipinski definition) is 0. The molecule has 2 aliphatic rings. The van der Waals surface area contributed by atoms with Gasteiger partial charge in [0.05, 0.1) is 27.8 Å². The van der Waals surface area contributed by atoms with Crippen molar-refractivity contribution in [1.29, 1.82) is 0 Å². The Morgan fingerprint density at radius 2 is 1.88 bits per heavy atom. The molecule has 2 aliphatic heterocycles. The molecule has 0 spiro atoms. The van der Waals surface area contributed by atoms with Gasteiger partial charge in [-0.05, 0) is 81.0 Å². The first-order valence-electron chi connectivity index (χ1n) is 11.7. The topological polar surface area (TPSA) is 79.8 Å². The SMILES string of the molecule is Cc1cc(C)c2sc(N(CC3CCCO3)C(=O)c3ccc(S(=O)(=O)N4CCCC4)cc3)nc2c1. The number of fused-ring (bicyclic) bond motifs is 1. The molecule has 180 valence electrons. The van der Waals surface area contributed by atoms with Gasteiger partial charge < -0.3 is 4.74 Å². The maximum Gasteiger partial charge on any atom is 0.260 e. The number of anilines is 1. The van der Waals surface area contributed by atoms with Gasteiger partial charge in [-0.1, -0.05) is 17.4 Å². The first kappa shape index (κ1) is 23.4. The van der Waals surface area contributed by atoms with Crippen LogP contribution in [0.2, 0.25) is 0 Å². The lowest BCUT2D eigenvalue weighted by Gasteiger charge is -2.23. The molecule has 5 rings (SSSR count). The summed E-state index contributed by atoms with van der Waals surface area (Å²) in [5.74, 6) is -0.200. The number of aryl methyl sites for hydroxylation is 2. The van der Waals surface area contributed by atoms with Crippen LogP contribution in [-0.2, 0) is 14.8 Å². The second kappa shape index (κ2) is 9.37. The molecule has 2 fully saturated rings. The van der Waals surface area contributed by atoms with Crippen LogP contribution in [0.5, 0.6) is 0 Å². The van der Waals surface area contributed by atoms with Crippen molar-refractivity contribution in [3.8, 4) is 0 Å². The van der Waals surface area contributed by atoms with Crippen molar-refractivity contribution in [1.82, 2.24) is 9.29 Å². The van der Waals surface area contributed by atoms with Gasteiger partial charge in [-0.15, -0.1) is 0 Å². The number of benzene rings is 2. The molecule has 3 heterocycles. The highest BCUT2D eigenvalue weighted by molar-refractivity contribution is 7.89. The normalized spacial score (nSPS) is 19.2. The summed E-state index contributed by atoms with van der Waals surface area (Å²) in [6, 6.07) is 10.5. The van der Waals surface area contributed by atoms with Gasteiger partial charge in [-0.3, -0.25) is 9.69 Å². The molecule has 0 bridgehead atoms. The van der Waals surface area contributed by atoms with E-state index < -0.39 is 10.0 Å². The molecule has 1 unspecified atom stereocenters. The van der Waals surface area contributed by atoms with Gasteiger partial charge in [-0.25, -0.2) is 13.4 Å². The van der Waals surface area contributed by atoms with E-state index in [0.717, 1.165) is 47.0 Å². The lowest BCUT2D eigenvalue weighted by atomic mass is 10.1. The van der Waals surface area contributed by atoms with E-state index >= 15 is 0 Å². The predicted octanol–water partition coefficient (Wildman–Crippen LogP) is 4.52. The van der Waals surface area contributed by atoms with Crippen molar-refractivity contribution in [2.75, 3.05) is 31.1 Å². The summed E-state index contributed by atoms with van der Waals surface area (Å²) in [6.07, 6.45) is 3.62. The molecule has 7 nitrogen and oxygen atoms in total. The van der Waals surface area contributed by atoms with Crippen LogP contribution in [0.1, 0.15) is 47.2 Å². The first-order valence-corrected chi connectivity index (χ1v) is 14.0. The van der Waals surface area contributed by atoms with Crippen molar-refractivity contribution in [2.24, 2.45) is 0 Å². The second-order valence-electron chi connectivity index (χ2n) is 9.11.